The molecule has 4 rings (SSSR count). The highest BCUT2D eigenvalue weighted by Gasteiger charge is 2.25. The molecule has 194 valence electrons. The number of hydrogen-bond donors (Lipinski definition) is 2. The summed E-state index contributed by atoms with van der Waals surface area (Å²) in [6.07, 6.45) is 3.62. The molecule has 0 spiro atoms. The van der Waals surface area contributed by atoms with Crippen molar-refractivity contribution in [2.45, 2.75) is 39.0 Å². The second-order valence-corrected chi connectivity index (χ2v) is 9.05. The summed E-state index contributed by atoms with van der Waals surface area (Å²) in [5.74, 6) is -1.47. The van der Waals surface area contributed by atoms with Crippen LogP contribution >= 0.6 is 0 Å². The molecule has 0 aliphatic heterocycles. The van der Waals surface area contributed by atoms with Gasteiger partial charge >= 0.3 is 0 Å². The van der Waals surface area contributed by atoms with Gasteiger partial charge in [-0.05, 0) is 61.1 Å². The largest absolute Gasteiger partial charge is 0.486 e. The van der Waals surface area contributed by atoms with Gasteiger partial charge in [0.2, 0.25) is 5.91 Å². The van der Waals surface area contributed by atoms with Crippen LogP contribution in [0, 0.1) is 18.6 Å². The second kappa shape index (κ2) is 10.9. The topological polar surface area (TPSA) is 110 Å². The number of amides is 2. The summed E-state index contributed by atoms with van der Waals surface area (Å²) in [5.41, 5.74) is 7.96. The maximum absolute atomic E-state index is 14.7. The Hall–Kier alpha value is -4.08. The minimum atomic E-state index is -0.693. The monoisotopic (exact) mass is 509 g/mol. The molecule has 1 saturated carbocycles. The van der Waals surface area contributed by atoms with Crippen molar-refractivity contribution in [1.29, 1.82) is 0 Å². The van der Waals surface area contributed by atoms with Crippen molar-refractivity contribution in [3.63, 3.8) is 0 Å². The lowest BCUT2D eigenvalue weighted by Gasteiger charge is -2.19. The van der Waals surface area contributed by atoms with E-state index in [2.05, 4.69) is 15.3 Å². The summed E-state index contributed by atoms with van der Waals surface area (Å²) in [5, 5.41) is 2.62. The van der Waals surface area contributed by atoms with Crippen molar-refractivity contribution < 1.29 is 23.1 Å². The van der Waals surface area contributed by atoms with Crippen molar-refractivity contribution in [2.24, 2.45) is 0 Å². The SMILES string of the molecule is CCC(=O)N(C)CCOc1c(N)ncnc1-c1cc(F)cc(NC(=O)c2ccc(C3CC3)cc2F)c1C. The fourth-order valence-electron chi connectivity index (χ4n) is 4.03. The summed E-state index contributed by atoms with van der Waals surface area (Å²) < 4.78 is 35.2. The molecular weight excluding hydrogens is 480 g/mol. The molecule has 2 amide bonds. The number of nitrogens with two attached hydrogens (primary N) is 1. The van der Waals surface area contributed by atoms with Gasteiger partial charge in [0.15, 0.2) is 11.6 Å². The summed E-state index contributed by atoms with van der Waals surface area (Å²) in [7, 11) is 1.66. The molecule has 2 aromatic carbocycles. The number of benzene rings is 2. The van der Waals surface area contributed by atoms with Crippen molar-refractivity contribution in [3.05, 3.63) is 65.0 Å². The second-order valence-electron chi connectivity index (χ2n) is 9.05. The first-order valence-electron chi connectivity index (χ1n) is 12.1. The van der Waals surface area contributed by atoms with Gasteiger partial charge in [0.05, 0.1) is 12.1 Å². The number of anilines is 2. The van der Waals surface area contributed by atoms with Gasteiger partial charge in [0.1, 0.15) is 30.3 Å². The Kier molecular flexibility index (Phi) is 7.66. The first-order chi connectivity index (χ1) is 17.7. The number of carbonyl (C=O) groups excluding carboxylic acids is 2. The van der Waals surface area contributed by atoms with Gasteiger partial charge in [-0.1, -0.05) is 13.0 Å². The number of halogens is 2. The van der Waals surface area contributed by atoms with Gasteiger partial charge in [-0.2, -0.15) is 0 Å². The smallest absolute Gasteiger partial charge is 0.258 e. The average molecular weight is 510 g/mol. The molecule has 8 nitrogen and oxygen atoms in total. The lowest BCUT2D eigenvalue weighted by Crippen LogP contribution is -2.30. The van der Waals surface area contributed by atoms with Gasteiger partial charge in [0.25, 0.3) is 5.91 Å². The number of aromatic nitrogens is 2. The van der Waals surface area contributed by atoms with Crippen LogP contribution in [0.1, 0.15) is 53.6 Å². The number of likely N-dealkylation sites (N-methyl/N-ethyl adjacent to an activating group) is 1. The van der Waals surface area contributed by atoms with E-state index in [0.717, 1.165) is 24.5 Å². The van der Waals surface area contributed by atoms with Crippen molar-refractivity contribution in [2.75, 3.05) is 31.2 Å². The Bertz CT molecular complexity index is 1340. The van der Waals surface area contributed by atoms with E-state index >= 15 is 0 Å². The third kappa shape index (κ3) is 5.84. The minimum Gasteiger partial charge on any atom is -0.486 e. The van der Waals surface area contributed by atoms with Crippen molar-refractivity contribution >= 4 is 23.3 Å². The number of hydrogen-bond acceptors (Lipinski definition) is 6. The van der Waals surface area contributed by atoms with Crippen LogP contribution in [0.3, 0.4) is 0 Å². The van der Waals surface area contributed by atoms with Crippen molar-refractivity contribution in [1.82, 2.24) is 14.9 Å². The summed E-state index contributed by atoms with van der Waals surface area (Å²) in [6, 6.07) is 6.99. The predicted octanol–water partition coefficient (Wildman–Crippen LogP) is 4.69. The fourth-order valence-corrected chi connectivity index (χ4v) is 4.03. The molecule has 0 bridgehead atoms. The molecule has 0 atom stereocenters. The molecule has 3 N–H and O–H groups in total. The quantitative estimate of drug-likeness (QED) is 0.433. The van der Waals surface area contributed by atoms with Gasteiger partial charge in [-0.15, -0.1) is 0 Å². The van der Waals surface area contributed by atoms with Gasteiger partial charge in [-0.3, -0.25) is 9.59 Å². The van der Waals surface area contributed by atoms with E-state index in [-0.39, 0.29) is 41.0 Å². The Labute approximate surface area is 213 Å². The van der Waals surface area contributed by atoms with E-state index in [1.807, 2.05) is 0 Å². The molecule has 3 aromatic rings. The van der Waals surface area contributed by atoms with E-state index in [1.165, 1.54) is 29.4 Å². The molecule has 0 saturated heterocycles. The number of nitrogens with one attached hydrogen (secondary N) is 1. The van der Waals surface area contributed by atoms with Crippen LogP contribution in [-0.4, -0.2) is 46.9 Å². The molecule has 1 aliphatic carbocycles. The molecular formula is C27H29F2N5O3. The minimum absolute atomic E-state index is 0.0407. The van der Waals surface area contributed by atoms with Gasteiger partial charge < -0.3 is 20.7 Å². The van der Waals surface area contributed by atoms with Gasteiger partial charge in [-0.25, -0.2) is 18.7 Å². The van der Waals surface area contributed by atoms with Crippen LogP contribution in [0.4, 0.5) is 20.3 Å². The number of nitrogen functional groups attached to an aromatic ring is 1. The standard InChI is InChI=1S/C27H29F2N5O3/c1-4-23(35)34(3)9-10-37-25-24(31-14-32-26(25)30)20-12-18(28)13-22(15(20)2)33-27(36)19-8-7-17(11-21(19)29)16-5-6-16/h7-8,11-14,16H,4-6,9-10H2,1-3H3,(H,33,36)(H2,30,31,32). The lowest BCUT2D eigenvalue weighted by molar-refractivity contribution is -0.129. The van der Waals surface area contributed by atoms with Crippen LogP contribution in [0.25, 0.3) is 11.3 Å². The molecule has 1 aromatic heterocycles. The van der Waals surface area contributed by atoms with Crippen LogP contribution in [0.2, 0.25) is 0 Å². The van der Waals surface area contributed by atoms with E-state index in [9.17, 15) is 18.4 Å². The maximum Gasteiger partial charge on any atom is 0.258 e. The zero-order chi connectivity index (χ0) is 26.7. The van der Waals surface area contributed by atoms with E-state index in [4.69, 9.17) is 10.5 Å². The highest BCUT2D eigenvalue weighted by molar-refractivity contribution is 6.05. The fraction of sp³-hybridized carbons (Fsp3) is 0.333. The van der Waals surface area contributed by atoms with E-state index in [1.54, 1.807) is 27.0 Å². The third-order valence-electron chi connectivity index (χ3n) is 6.39. The molecule has 0 unspecified atom stereocenters. The molecule has 1 heterocycles. The molecule has 10 heteroatoms. The molecule has 0 radical (unpaired) electrons. The predicted molar refractivity (Wildman–Crippen MR) is 136 cm³/mol. The van der Waals surface area contributed by atoms with Crippen LogP contribution < -0.4 is 15.8 Å². The number of rotatable bonds is 9. The zero-order valence-electron chi connectivity index (χ0n) is 21.0. The van der Waals surface area contributed by atoms with E-state index < -0.39 is 17.5 Å². The highest BCUT2D eigenvalue weighted by Crippen LogP contribution is 2.40. The summed E-state index contributed by atoms with van der Waals surface area (Å²) in [4.78, 5) is 34.4. The van der Waals surface area contributed by atoms with Crippen LogP contribution in [0.5, 0.6) is 5.75 Å². The highest BCUT2D eigenvalue weighted by atomic mass is 19.1. The van der Waals surface area contributed by atoms with Gasteiger partial charge in [0, 0.05) is 24.7 Å². The Morgan fingerprint density at radius 3 is 2.62 bits per heavy atom. The third-order valence-corrected chi connectivity index (χ3v) is 6.39. The Balaban J connectivity index is 1.60. The van der Waals surface area contributed by atoms with Crippen LogP contribution in [0.15, 0.2) is 36.7 Å². The van der Waals surface area contributed by atoms with Crippen LogP contribution in [-0.2, 0) is 4.79 Å². The molecule has 1 fully saturated rings. The average Bonchev–Trinajstić information content (AvgIpc) is 3.72. The first-order valence-corrected chi connectivity index (χ1v) is 12.1. The molecule has 37 heavy (non-hydrogen) atoms. The van der Waals surface area contributed by atoms with E-state index in [0.29, 0.717) is 30.0 Å². The number of nitrogens with zero attached hydrogens (tertiary/aromatic N) is 3. The molecule has 1 aliphatic rings. The van der Waals surface area contributed by atoms with Crippen molar-refractivity contribution in [3.8, 4) is 17.0 Å². The Morgan fingerprint density at radius 1 is 1.19 bits per heavy atom. The normalized spacial score (nSPS) is 12.8. The summed E-state index contributed by atoms with van der Waals surface area (Å²) >= 11 is 0. The Morgan fingerprint density at radius 2 is 1.95 bits per heavy atom. The number of carbonyl (C=O) groups is 2. The maximum atomic E-state index is 14.7. The zero-order valence-corrected chi connectivity index (χ0v) is 21.0. The summed E-state index contributed by atoms with van der Waals surface area (Å²) in [6.45, 7) is 3.85. The first kappa shape index (κ1) is 26.0. The lowest BCUT2D eigenvalue weighted by atomic mass is 10.0. The number of ether oxygens (including phenoxy) is 1.